The summed E-state index contributed by atoms with van der Waals surface area (Å²) in [6.45, 7) is 1.92. The molecule has 2 fully saturated rings. The van der Waals surface area contributed by atoms with Gasteiger partial charge in [-0.05, 0) is 29.8 Å². The number of ether oxygens (including phenoxy) is 6. The zero-order chi connectivity index (χ0) is 24.0. The second kappa shape index (κ2) is 11.0. The number of benzene rings is 2. The van der Waals surface area contributed by atoms with Crippen LogP contribution in [0.15, 0.2) is 53.5 Å². The van der Waals surface area contributed by atoms with Gasteiger partial charge >= 0.3 is 0 Å². The molecule has 3 N–H and O–H groups in total. The lowest BCUT2D eigenvalue weighted by atomic mass is 10.0. The van der Waals surface area contributed by atoms with Crippen LogP contribution in [0.25, 0.3) is 0 Å². The highest BCUT2D eigenvalue weighted by molar-refractivity contribution is 5.83. The highest BCUT2D eigenvalue weighted by Crippen LogP contribution is 2.42. The first-order chi connectivity index (χ1) is 16.6. The van der Waals surface area contributed by atoms with Crippen LogP contribution >= 0.6 is 0 Å². The van der Waals surface area contributed by atoms with Gasteiger partial charge in [-0.1, -0.05) is 24.3 Å². The Morgan fingerprint density at radius 1 is 0.941 bits per heavy atom. The van der Waals surface area contributed by atoms with Crippen molar-refractivity contribution in [3.63, 3.8) is 0 Å². The van der Waals surface area contributed by atoms with Gasteiger partial charge in [-0.25, -0.2) is 0 Å². The molecule has 2 heterocycles. The van der Waals surface area contributed by atoms with E-state index in [0.29, 0.717) is 49.4 Å². The third-order valence-corrected chi connectivity index (χ3v) is 5.61. The Balaban J connectivity index is 1.48. The minimum Gasteiger partial charge on any atom is -0.491 e. The van der Waals surface area contributed by atoms with E-state index in [2.05, 4.69) is 15.6 Å². The molecule has 4 atom stereocenters. The van der Waals surface area contributed by atoms with Gasteiger partial charge in [0.15, 0.2) is 18.5 Å². The van der Waals surface area contributed by atoms with E-state index in [9.17, 15) is 5.11 Å². The molecule has 0 aromatic heterocycles. The Morgan fingerprint density at radius 2 is 1.53 bits per heavy atom. The molecule has 2 saturated heterocycles. The summed E-state index contributed by atoms with van der Waals surface area (Å²) in [7, 11) is 4.92. The molecule has 0 spiro atoms. The summed E-state index contributed by atoms with van der Waals surface area (Å²) in [5.41, 5.74) is 0.388. The minimum absolute atomic E-state index is 0.451. The average molecular weight is 474 g/mol. The van der Waals surface area contributed by atoms with E-state index >= 15 is 0 Å². The van der Waals surface area contributed by atoms with Crippen LogP contribution in [0, 0.1) is 0 Å². The number of aliphatic imine (C=N–C) groups is 1. The van der Waals surface area contributed by atoms with E-state index < -0.39 is 24.3 Å². The number of nitrogens with zero attached hydrogens (tertiary/aromatic N) is 1. The number of hydrogen-bond acceptors (Lipinski definition) is 8. The van der Waals surface area contributed by atoms with E-state index in [1.807, 2.05) is 24.3 Å². The van der Waals surface area contributed by atoms with Gasteiger partial charge in [0.2, 0.25) is 5.72 Å². The smallest absolute Gasteiger partial charge is 0.215 e. The van der Waals surface area contributed by atoms with Gasteiger partial charge in [0, 0.05) is 26.8 Å². The lowest BCUT2D eigenvalue weighted by Gasteiger charge is -2.27. The van der Waals surface area contributed by atoms with Gasteiger partial charge in [0.05, 0.1) is 13.2 Å². The lowest BCUT2D eigenvalue weighted by molar-refractivity contribution is -0.160. The number of aliphatic hydroxyl groups excluding tert-OH is 1. The molecular weight excluding hydrogens is 442 g/mol. The SMILES string of the molecule is CN=C1N[C@@H]2OC(C(O)c3ccc(OCCOC)cc3)OC2(c2ccc(OCCOC)cc2)N1. The first-order valence-electron chi connectivity index (χ1n) is 11.1. The van der Waals surface area contributed by atoms with Crippen molar-refractivity contribution in [2.45, 2.75) is 24.3 Å². The van der Waals surface area contributed by atoms with Crippen LogP contribution < -0.4 is 20.1 Å². The molecule has 10 nitrogen and oxygen atoms in total. The Bertz CT molecular complexity index is 954. The van der Waals surface area contributed by atoms with E-state index in [-0.39, 0.29) is 0 Å². The Kier molecular flexibility index (Phi) is 7.86. The molecule has 10 heteroatoms. The van der Waals surface area contributed by atoms with Gasteiger partial charge in [0.1, 0.15) is 30.8 Å². The van der Waals surface area contributed by atoms with Crippen LogP contribution in [0.1, 0.15) is 17.2 Å². The highest BCUT2D eigenvalue weighted by atomic mass is 16.8. The molecule has 2 aliphatic rings. The van der Waals surface area contributed by atoms with Crippen LogP contribution in [0.3, 0.4) is 0 Å². The normalized spacial score (nSPS) is 25.5. The molecule has 0 radical (unpaired) electrons. The third-order valence-electron chi connectivity index (χ3n) is 5.61. The molecule has 184 valence electrons. The van der Waals surface area contributed by atoms with Crippen molar-refractivity contribution in [1.29, 1.82) is 0 Å². The van der Waals surface area contributed by atoms with Crippen molar-refractivity contribution in [2.75, 3.05) is 47.7 Å². The predicted molar refractivity (Wildman–Crippen MR) is 124 cm³/mol. The Labute approximate surface area is 198 Å². The minimum atomic E-state index is -1.06. The fraction of sp³-hybridized carbons (Fsp3) is 0.458. The van der Waals surface area contributed by atoms with Gasteiger partial charge in [0.25, 0.3) is 0 Å². The van der Waals surface area contributed by atoms with Gasteiger partial charge in [-0.15, -0.1) is 0 Å². The molecule has 2 aromatic carbocycles. The number of nitrogens with one attached hydrogen (secondary N) is 2. The Morgan fingerprint density at radius 3 is 2.09 bits per heavy atom. The molecule has 0 bridgehead atoms. The predicted octanol–water partition coefficient (Wildman–Crippen LogP) is 1.50. The van der Waals surface area contributed by atoms with Crippen LogP contribution in [0.2, 0.25) is 0 Å². The quantitative estimate of drug-likeness (QED) is 0.418. The summed E-state index contributed by atoms with van der Waals surface area (Å²) < 4.78 is 33.7. The molecule has 0 saturated carbocycles. The number of guanidine groups is 1. The number of aliphatic hydroxyl groups is 1. The standard InChI is InChI=1S/C24H31N3O7/c1-25-23-26-22-24(27-23,17-6-10-19(11-7-17)32-15-13-30-3)34-21(33-22)20(28)16-4-8-18(9-5-16)31-14-12-29-2/h4-11,20-22,28H,12-15H2,1-3H3,(H2,25,26,27)/t20?,21?,22-,24?/m1/s1. The molecular formula is C24H31N3O7. The second-order valence-corrected chi connectivity index (χ2v) is 7.80. The van der Waals surface area contributed by atoms with Crippen molar-refractivity contribution >= 4 is 5.96 Å². The van der Waals surface area contributed by atoms with E-state index in [1.54, 1.807) is 45.5 Å². The fourth-order valence-corrected chi connectivity index (χ4v) is 3.82. The molecule has 34 heavy (non-hydrogen) atoms. The lowest BCUT2D eigenvalue weighted by Crippen LogP contribution is -2.45. The van der Waals surface area contributed by atoms with Crippen molar-refractivity contribution in [3.05, 3.63) is 59.7 Å². The van der Waals surface area contributed by atoms with Crippen molar-refractivity contribution < 1.29 is 33.5 Å². The number of fused-ring (bicyclic) bond motifs is 1. The number of rotatable bonds is 11. The molecule has 0 aliphatic carbocycles. The fourth-order valence-electron chi connectivity index (χ4n) is 3.82. The van der Waals surface area contributed by atoms with Crippen LogP contribution in [0.5, 0.6) is 11.5 Å². The topological polar surface area (TPSA) is 112 Å². The summed E-state index contributed by atoms with van der Waals surface area (Å²) in [6, 6.07) is 14.7. The van der Waals surface area contributed by atoms with Crippen LogP contribution in [-0.2, 0) is 24.7 Å². The maximum absolute atomic E-state index is 11.0. The molecule has 0 amide bonds. The largest absolute Gasteiger partial charge is 0.491 e. The Hall–Kier alpha value is -2.89. The van der Waals surface area contributed by atoms with Gasteiger partial charge < -0.3 is 44.2 Å². The highest BCUT2D eigenvalue weighted by Gasteiger charge is 2.58. The molecule has 3 unspecified atom stereocenters. The maximum Gasteiger partial charge on any atom is 0.215 e. The van der Waals surface area contributed by atoms with Crippen molar-refractivity contribution in [1.82, 2.24) is 10.6 Å². The first-order valence-corrected chi connectivity index (χ1v) is 11.1. The average Bonchev–Trinajstić information content (AvgIpc) is 3.40. The van der Waals surface area contributed by atoms with E-state index in [0.717, 1.165) is 5.56 Å². The third kappa shape index (κ3) is 5.11. The summed E-state index contributed by atoms with van der Waals surface area (Å²) in [5, 5.41) is 17.4. The van der Waals surface area contributed by atoms with Gasteiger partial charge in [-0.2, -0.15) is 0 Å². The van der Waals surface area contributed by atoms with E-state index in [4.69, 9.17) is 28.4 Å². The monoisotopic (exact) mass is 473 g/mol. The summed E-state index contributed by atoms with van der Waals surface area (Å²) >= 11 is 0. The number of methoxy groups -OCH3 is 2. The maximum atomic E-state index is 11.0. The summed E-state index contributed by atoms with van der Waals surface area (Å²) in [5.74, 6) is 1.94. The summed E-state index contributed by atoms with van der Waals surface area (Å²) in [6.07, 6.45) is -2.53. The summed E-state index contributed by atoms with van der Waals surface area (Å²) in [4.78, 5) is 4.19. The van der Waals surface area contributed by atoms with Crippen LogP contribution in [0.4, 0.5) is 0 Å². The molecule has 2 aliphatic heterocycles. The van der Waals surface area contributed by atoms with E-state index in [1.165, 1.54) is 0 Å². The number of hydrogen-bond donors (Lipinski definition) is 3. The van der Waals surface area contributed by atoms with Crippen molar-refractivity contribution in [2.24, 2.45) is 4.99 Å². The first kappa shape index (κ1) is 24.2. The van der Waals surface area contributed by atoms with Crippen LogP contribution in [-0.4, -0.2) is 71.3 Å². The van der Waals surface area contributed by atoms with Crippen molar-refractivity contribution in [3.8, 4) is 11.5 Å². The zero-order valence-corrected chi connectivity index (χ0v) is 19.5. The van der Waals surface area contributed by atoms with Gasteiger partial charge in [-0.3, -0.25) is 4.99 Å². The molecule has 2 aromatic rings. The second-order valence-electron chi connectivity index (χ2n) is 7.80. The molecule has 4 rings (SSSR count). The zero-order valence-electron chi connectivity index (χ0n) is 19.5.